The van der Waals surface area contributed by atoms with Crippen molar-refractivity contribution in [3.05, 3.63) is 29.6 Å². The molecule has 2 N–H and O–H groups in total. The van der Waals surface area contributed by atoms with Gasteiger partial charge in [0.25, 0.3) is 5.91 Å². The number of carboxylic acids is 1. The second kappa shape index (κ2) is 5.62. The molecule has 0 saturated carbocycles. The van der Waals surface area contributed by atoms with Crippen LogP contribution in [-0.4, -0.2) is 27.5 Å². The van der Waals surface area contributed by atoms with Crippen molar-refractivity contribution in [1.29, 1.82) is 0 Å². The molecule has 0 atom stereocenters. The Morgan fingerprint density at radius 3 is 2.50 bits per heavy atom. The second-order valence-corrected chi connectivity index (χ2v) is 4.43. The molecule has 0 spiro atoms. The zero-order valence-corrected chi connectivity index (χ0v) is 10.9. The van der Waals surface area contributed by atoms with Gasteiger partial charge in [0.2, 0.25) is 0 Å². The molecule has 0 aliphatic heterocycles. The molecule has 1 aromatic rings. The second-order valence-electron chi connectivity index (χ2n) is 4.43. The Labute approximate surface area is 106 Å². The number of hydrogen-bond acceptors (Lipinski definition) is 3. The van der Waals surface area contributed by atoms with Gasteiger partial charge >= 0.3 is 5.97 Å². The Balaban J connectivity index is 3.01. The molecule has 0 aliphatic rings. The third-order valence-electron chi connectivity index (χ3n) is 3.23. The Morgan fingerprint density at radius 2 is 2.00 bits per heavy atom. The van der Waals surface area contributed by atoms with Crippen molar-refractivity contribution in [3.8, 4) is 0 Å². The molecule has 5 heteroatoms. The Kier molecular flexibility index (Phi) is 4.42. The lowest BCUT2D eigenvalue weighted by atomic mass is 9.95. The average molecular weight is 250 g/mol. The summed E-state index contributed by atoms with van der Waals surface area (Å²) in [4.78, 5) is 26.9. The van der Waals surface area contributed by atoms with Crippen molar-refractivity contribution in [2.24, 2.45) is 0 Å². The zero-order chi connectivity index (χ0) is 13.8. The normalized spacial score (nSPS) is 11.1. The first-order chi connectivity index (χ1) is 8.43. The molecule has 0 fully saturated rings. The maximum absolute atomic E-state index is 12.1. The van der Waals surface area contributed by atoms with Gasteiger partial charge in [0, 0.05) is 11.7 Å². The van der Waals surface area contributed by atoms with E-state index < -0.39 is 11.9 Å². The van der Waals surface area contributed by atoms with Crippen molar-refractivity contribution in [2.75, 3.05) is 0 Å². The fourth-order valence-electron chi connectivity index (χ4n) is 1.52. The van der Waals surface area contributed by atoms with Gasteiger partial charge in [-0.15, -0.1) is 0 Å². The highest BCUT2D eigenvalue weighted by Gasteiger charge is 2.25. The Morgan fingerprint density at radius 1 is 1.39 bits per heavy atom. The van der Waals surface area contributed by atoms with E-state index in [4.69, 9.17) is 5.11 Å². The van der Waals surface area contributed by atoms with E-state index in [0.717, 1.165) is 12.8 Å². The van der Waals surface area contributed by atoms with Gasteiger partial charge in [-0.3, -0.25) is 9.78 Å². The summed E-state index contributed by atoms with van der Waals surface area (Å²) in [7, 11) is 0. The first-order valence-electron chi connectivity index (χ1n) is 5.94. The minimum absolute atomic E-state index is 0.0434. The molecule has 0 bridgehead atoms. The minimum atomic E-state index is -1.15. The lowest BCUT2D eigenvalue weighted by molar-refractivity contribution is 0.0688. The van der Waals surface area contributed by atoms with Crippen LogP contribution in [0, 0.1) is 0 Å². The smallest absolute Gasteiger partial charge is 0.338 e. The van der Waals surface area contributed by atoms with Gasteiger partial charge in [-0.1, -0.05) is 13.8 Å². The van der Waals surface area contributed by atoms with Crippen LogP contribution in [0.5, 0.6) is 0 Å². The molecule has 98 valence electrons. The van der Waals surface area contributed by atoms with Crippen molar-refractivity contribution in [1.82, 2.24) is 10.3 Å². The summed E-state index contributed by atoms with van der Waals surface area (Å²) in [5.74, 6) is -1.60. The Hall–Kier alpha value is -1.91. The van der Waals surface area contributed by atoms with Crippen LogP contribution < -0.4 is 5.32 Å². The number of carbonyl (C=O) groups excluding carboxylic acids is 1. The molecule has 5 nitrogen and oxygen atoms in total. The number of amides is 1. The van der Waals surface area contributed by atoms with Crippen molar-refractivity contribution >= 4 is 11.9 Å². The van der Waals surface area contributed by atoms with Gasteiger partial charge in [0.05, 0.1) is 5.56 Å². The Bertz CT molecular complexity index is 453. The zero-order valence-electron chi connectivity index (χ0n) is 10.9. The highest BCUT2D eigenvalue weighted by Crippen LogP contribution is 2.15. The van der Waals surface area contributed by atoms with E-state index in [-0.39, 0.29) is 16.8 Å². The fourth-order valence-corrected chi connectivity index (χ4v) is 1.52. The first-order valence-corrected chi connectivity index (χ1v) is 5.94. The molecule has 1 rings (SSSR count). The number of carboxylic acid groups (broad SMARTS) is 1. The van der Waals surface area contributed by atoms with E-state index >= 15 is 0 Å². The molecule has 0 aromatic carbocycles. The third kappa shape index (κ3) is 3.06. The SMILES string of the molecule is CCC(C)(CC)NC(=O)c1ncccc1C(=O)O. The molecule has 0 saturated heterocycles. The third-order valence-corrected chi connectivity index (χ3v) is 3.23. The maximum atomic E-state index is 12.1. The number of aromatic carboxylic acids is 1. The molecular weight excluding hydrogens is 232 g/mol. The summed E-state index contributed by atoms with van der Waals surface area (Å²) >= 11 is 0. The van der Waals surface area contributed by atoms with E-state index in [9.17, 15) is 9.59 Å². The largest absolute Gasteiger partial charge is 0.478 e. The van der Waals surface area contributed by atoms with Gasteiger partial charge in [-0.25, -0.2) is 4.79 Å². The number of rotatable bonds is 5. The fraction of sp³-hybridized carbons (Fsp3) is 0.462. The molecule has 0 radical (unpaired) electrons. The van der Waals surface area contributed by atoms with Crippen LogP contribution in [0.15, 0.2) is 18.3 Å². The van der Waals surface area contributed by atoms with E-state index in [1.807, 2.05) is 20.8 Å². The molecule has 1 heterocycles. The maximum Gasteiger partial charge on any atom is 0.338 e. The predicted molar refractivity (Wildman–Crippen MR) is 67.6 cm³/mol. The van der Waals surface area contributed by atoms with Crippen molar-refractivity contribution < 1.29 is 14.7 Å². The monoisotopic (exact) mass is 250 g/mol. The van der Waals surface area contributed by atoms with Gasteiger partial charge < -0.3 is 10.4 Å². The lowest BCUT2D eigenvalue weighted by Gasteiger charge is -2.28. The average Bonchev–Trinajstić information content (AvgIpc) is 2.38. The van der Waals surface area contributed by atoms with Gasteiger partial charge in [0.1, 0.15) is 5.69 Å². The van der Waals surface area contributed by atoms with Crippen LogP contribution in [0.3, 0.4) is 0 Å². The summed E-state index contributed by atoms with van der Waals surface area (Å²) in [5, 5.41) is 11.8. The summed E-state index contributed by atoms with van der Waals surface area (Å²) < 4.78 is 0. The molecule has 18 heavy (non-hydrogen) atoms. The van der Waals surface area contributed by atoms with Gasteiger partial charge in [-0.2, -0.15) is 0 Å². The number of hydrogen-bond donors (Lipinski definition) is 2. The van der Waals surface area contributed by atoms with E-state index in [1.54, 1.807) is 0 Å². The first kappa shape index (κ1) is 14.2. The number of carbonyl (C=O) groups is 2. The van der Waals surface area contributed by atoms with Crippen LogP contribution in [-0.2, 0) is 0 Å². The summed E-state index contributed by atoms with van der Waals surface area (Å²) in [6.07, 6.45) is 2.95. The van der Waals surface area contributed by atoms with Crippen molar-refractivity contribution in [3.63, 3.8) is 0 Å². The summed E-state index contributed by atoms with van der Waals surface area (Å²) in [5.41, 5.74) is -0.465. The van der Waals surface area contributed by atoms with Gasteiger partial charge in [-0.05, 0) is 31.9 Å². The van der Waals surface area contributed by atoms with Crippen molar-refractivity contribution in [2.45, 2.75) is 39.2 Å². The van der Waals surface area contributed by atoms with Crippen LogP contribution >= 0.6 is 0 Å². The standard InChI is InChI=1S/C13H18N2O3/c1-4-13(3,5-2)15-11(16)10-9(12(17)18)7-6-8-14-10/h6-8H,4-5H2,1-3H3,(H,15,16)(H,17,18). The molecule has 1 aromatic heterocycles. The van der Waals surface area contributed by atoms with Crippen LogP contribution in [0.4, 0.5) is 0 Å². The van der Waals surface area contributed by atoms with Crippen LogP contribution in [0.25, 0.3) is 0 Å². The highest BCUT2D eigenvalue weighted by atomic mass is 16.4. The molecule has 0 unspecified atom stereocenters. The number of nitrogens with zero attached hydrogens (tertiary/aromatic N) is 1. The molecule has 0 aliphatic carbocycles. The summed E-state index contributed by atoms with van der Waals surface area (Å²) in [6.45, 7) is 5.87. The number of nitrogens with one attached hydrogen (secondary N) is 1. The predicted octanol–water partition coefficient (Wildman–Crippen LogP) is 2.09. The van der Waals surface area contributed by atoms with E-state index in [0.29, 0.717) is 0 Å². The topological polar surface area (TPSA) is 79.3 Å². The lowest BCUT2D eigenvalue weighted by Crippen LogP contribution is -2.45. The number of aromatic nitrogens is 1. The quantitative estimate of drug-likeness (QED) is 0.838. The number of pyridine rings is 1. The van der Waals surface area contributed by atoms with E-state index in [2.05, 4.69) is 10.3 Å². The minimum Gasteiger partial charge on any atom is -0.478 e. The van der Waals surface area contributed by atoms with E-state index in [1.165, 1.54) is 18.3 Å². The highest BCUT2D eigenvalue weighted by molar-refractivity contribution is 6.03. The molecule has 1 amide bonds. The van der Waals surface area contributed by atoms with Crippen LogP contribution in [0.2, 0.25) is 0 Å². The summed E-state index contributed by atoms with van der Waals surface area (Å²) in [6, 6.07) is 2.87. The van der Waals surface area contributed by atoms with Crippen LogP contribution in [0.1, 0.15) is 54.5 Å². The molecular formula is C13H18N2O3. The van der Waals surface area contributed by atoms with Gasteiger partial charge in [0.15, 0.2) is 0 Å².